The quantitative estimate of drug-likeness (QED) is 0.271. The van der Waals surface area contributed by atoms with Crippen LogP contribution in [0.5, 0.6) is 0 Å². The maximum Gasteiger partial charge on any atom is 0.194 e. The van der Waals surface area contributed by atoms with E-state index in [1.165, 1.54) is 14.0 Å². The van der Waals surface area contributed by atoms with E-state index in [4.69, 9.17) is 20.5 Å². The number of nitriles is 1. The Kier molecular flexibility index (Phi) is 507. The molecule has 0 atom stereocenters. The number of aliphatic hydroxyl groups is 1. The molecule has 0 aliphatic heterocycles. The lowest BCUT2D eigenvalue weighted by Gasteiger charge is -1.63. The number of alkyl halides is 2. The summed E-state index contributed by atoms with van der Waals surface area (Å²) in [6, 6.07) is 1.75. The fourth-order valence-electron chi connectivity index (χ4n) is 0. The van der Waals surface area contributed by atoms with Crippen LogP contribution in [0.4, 0.5) is 0 Å². The molecule has 0 rings (SSSR count). The SMILES string of the molecule is C.CBr.CC#N.CI.CN.CO.C[N+](=O)[O-]. The van der Waals surface area contributed by atoms with Gasteiger partial charge in [0.15, 0.2) is 7.05 Å². The lowest BCUT2D eigenvalue weighted by atomic mass is 11.0. The summed E-state index contributed by atoms with van der Waals surface area (Å²) in [5.41, 5.74) is 4.50. The zero-order valence-corrected chi connectivity index (χ0v) is 13.7. The van der Waals surface area contributed by atoms with Gasteiger partial charge in [0.25, 0.3) is 0 Å². The third kappa shape index (κ3) is 5940000. The van der Waals surface area contributed by atoms with Crippen LogP contribution in [0.3, 0.4) is 0 Å². The first-order chi connectivity index (χ1) is 7.15. The summed E-state index contributed by atoms with van der Waals surface area (Å²) in [6.07, 6.45) is 0. The van der Waals surface area contributed by atoms with Gasteiger partial charge >= 0.3 is 0 Å². The van der Waals surface area contributed by atoms with Gasteiger partial charge in [-0.15, -0.1) is 0 Å². The monoisotopic (exact) mass is 417 g/mol. The number of nitrogens with zero attached hydrogens (tertiary/aromatic N) is 2. The topological polar surface area (TPSA) is 113 Å². The molecule has 0 aromatic heterocycles. The molecule has 0 aliphatic rings. The molecular weight excluding hydrogens is 393 g/mol. The molecular formula is C8H25BrIN3O3. The number of rotatable bonds is 0. The van der Waals surface area contributed by atoms with Crippen molar-refractivity contribution in [3.8, 4) is 6.07 Å². The van der Waals surface area contributed by atoms with Crippen molar-refractivity contribution in [1.29, 1.82) is 5.26 Å². The molecule has 0 amide bonds. The van der Waals surface area contributed by atoms with Crippen molar-refractivity contribution in [2.75, 3.05) is 32.0 Å². The van der Waals surface area contributed by atoms with Crippen LogP contribution in [-0.4, -0.2) is 42.0 Å². The van der Waals surface area contributed by atoms with Crippen molar-refractivity contribution in [2.45, 2.75) is 14.4 Å². The summed E-state index contributed by atoms with van der Waals surface area (Å²) < 4.78 is 0. The normalized spacial score (nSPS) is 3.56. The Morgan fingerprint density at radius 1 is 1.38 bits per heavy atom. The highest BCUT2D eigenvalue weighted by atomic mass is 127. The van der Waals surface area contributed by atoms with Crippen LogP contribution in [0.1, 0.15) is 14.4 Å². The Hall–Kier alpha value is 0.0200. The van der Waals surface area contributed by atoms with E-state index < -0.39 is 4.92 Å². The average Bonchev–Trinajstić information content (AvgIpc) is 2.29. The van der Waals surface area contributed by atoms with Crippen molar-refractivity contribution in [2.24, 2.45) is 5.73 Å². The molecule has 104 valence electrons. The predicted octanol–water partition coefficient (Wildman–Crippen LogP) is 2.30. The smallest absolute Gasteiger partial charge is 0.194 e. The number of nitrogens with two attached hydrogens (primary N) is 1. The molecule has 3 N–H and O–H groups in total. The van der Waals surface area contributed by atoms with Crippen molar-refractivity contribution in [3.05, 3.63) is 10.1 Å². The van der Waals surface area contributed by atoms with E-state index in [9.17, 15) is 0 Å². The van der Waals surface area contributed by atoms with E-state index in [1.807, 2.05) is 10.8 Å². The molecule has 0 unspecified atom stereocenters. The van der Waals surface area contributed by atoms with Crippen LogP contribution in [0.2, 0.25) is 0 Å². The largest absolute Gasteiger partial charge is 0.400 e. The van der Waals surface area contributed by atoms with E-state index in [1.54, 1.807) is 6.07 Å². The molecule has 0 aromatic rings. The Morgan fingerprint density at radius 2 is 1.38 bits per heavy atom. The minimum Gasteiger partial charge on any atom is -0.400 e. The molecule has 0 saturated carbocycles. The Morgan fingerprint density at radius 3 is 1.38 bits per heavy atom. The molecule has 0 aromatic carbocycles. The van der Waals surface area contributed by atoms with Gasteiger partial charge in [0.1, 0.15) is 0 Å². The van der Waals surface area contributed by atoms with Crippen LogP contribution in [0, 0.1) is 21.4 Å². The van der Waals surface area contributed by atoms with Crippen molar-refractivity contribution >= 4 is 38.5 Å². The zero-order chi connectivity index (χ0) is 14.3. The standard InChI is InChI=1S/C2H3N.CH3Br.CH3I.CH3NO2.CH5N.CH4O.CH4/c1-2-3;2*1-2;1-2(3)4;2*1-2;/h1H3;2*1H3;1H3;2H2,1H3;2H,1H3;1H4. The maximum atomic E-state index is 8.81. The molecule has 0 radical (unpaired) electrons. The number of aliphatic hydroxyl groups excluding tert-OH is 1. The molecule has 0 spiro atoms. The molecule has 8 heteroatoms. The van der Waals surface area contributed by atoms with Crippen LogP contribution < -0.4 is 5.73 Å². The molecule has 0 aliphatic carbocycles. The summed E-state index contributed by atoms with van der Waals surface area (Å²) >= 11 is 5.09. The molecule has 0 heterocycles. The minimum absolute atomic E-state index is 0. The average molecular weight is 418 g/mol. The fourth-order valence-corrected chi connectivity index (χ4v) is 0. The molecule has 6 nitrogen and oxygen atoms in total. The molecule has 16 heavy (non-hydrogen) atoms. The highest BCUT2D eigenvalue weighted by Crippen LogP contribution is 1.48. The Bertz CT molecular complexity index is 99.0. The van der Waals surface area contributed by atoms with E-state index in [2.05, 4.69) is 44.3 Å². The highest BCUT2D eigenvalue weighted by molar-refractivity contribution is 14.1. The fraction of sp³-hybridized carbons (Fsp3) is 0.875. The number of hydrogen-bond donors (Lipinski definition) is 2. The first kappa shape index (κ1) is 44.4. The summed E-state index contributed by atoms with van der Waals surface area (Å²) in [5, 5.41) is 23.1. The van der Waals surface area contributed by atoms with Gasteiger partial charge < -0.3 is 10.8 Å². The second-order valence-electron chi connectivity index (χ2n) is 0.663. The maximum absolute atomic E-state index is 8.81. The van der Waals surface area contributed by atoms with Crippen molar-refractivity contribution < 1.29 is 10.0 Å². The van der Waals surface area contributed by atoms with Gasteiger partial charge in [0.05, 0.1) is 6.07 Å². The molecule has 0 saturated heterocycles. The van der Waals surface area contributed by atoms with Gasteiger partial charge in [-0.1, -0.05) is 45.9 Å². The van der Waals surface area contributed by atoms with Gasteiger partial charge in [-0.05, 0) is 17.8 Å². The van der Waals surface area contributed by atoms with Gasteiger partial charge in [-0.3, -0.25) is 10.1 Å². The first-order valence-corrected chi connectivity index (χ1v) is 7.06. The van der Waals surface area contributed by atoms with E-state index in [0.717, 1.165) is 14.2 Å². The third-order valence-corrected chi connectivity index (χ3v) is 0. The minimum atomic E-state index is -0.500. The Balaban J connectivity index is -0.0000000124. The van der Waals surface area contributed by atoms with Gasteiger partial charge in [-0.25, -0.2) is 0 Å². The zero-order valence-electron chi connectivity index (χ0n) is 9.99. The van der Waals surface area contributed by atoms with Gasteiger partial charge in [0.2, 0.25) is 0 Å². The second kappa shape index (κ2) is 183. The molecule has 0 bridgehead atoms. The summed E-state index contributed by atoms with van der Waals surface area (Å²) in [5.74, 6) is 1.81. The first-order valence-electron chi connectivity index (χ1n) is 3.32. The van der Waals surface area contributed by atoms with E-state index in [-0.39, 0.29) is 7.43 Å². The van der Waals surface area contributed by atoms with Crippen LogP contribution in [0.25, 0.3) is 0 Å². The Labute approximate surface area is 122 Å². The van der Waals surface area contributed by atoms with Gasteiger partial charge in [-0.2, -0.15) is 5.26 Å². The van der Waals surface area contributed by atoms with Crippen molar-refractivity contribution in [1.82, 2.24) is 0 Å². The number of nitro groups is 1. The van der Waals surface area contributed by atoms with Crippen LogP contribution in [-0.2, 0) is 0 Å². The number of hydrogen-bond acceptors (Lipinski definition) is 5. The van der Waals surface area contributed by atoms with E-state index in [0.29, 0.717) is 0 Å². The predicted molar refractivity (Wildman–Crippen MR) is 84.0 cm³/mol. The summed E-state index contributed by atoms with van der Waals surface area (Å²) in [7, 11) is 3.39. The van der Waals surface area contributed by atoms with E-state index >= 15 is 0 Å². The highest BCUT2D eigenvalue weighted by Gasteiger charge is 1.57. The second-order valence-corrected chi connectivity index (χ2v) is 0.663. The van der Waals surface area contributed by atoms with Crippen molar-refractivity contribution in [3.63, 3.8) is 0 Å². The lowest BCUT2D eigenvalue weighted by molar-refractivity contribution is -0.445. The summed E-state index contributed by atoms with van der Waals surface area (Å²) in [6.45, 7) is 1.43. The molecule has 0 fully saturated rings. The lowest BCUT2D eigenvalue weighted by Crippen LogP contribution is -1.79. The van der Waals surface area contributed by atoms with Gasteiger partial charge in [0, 0.05) is 19.0 Å². The number of halogens is 2. The summed E-state index contributed by atoms with van der Waals surface area (Å²) in [4.78, 5) is 10.3. The van der Waals surface area contributed by atoms with Crippen LogP contribution in [0.15, 0.2) is 0 Å². The van der Waals surface area contributed by atoms with Crippen LogP contribution >= 0.6 is 38.5 Å². The third-order valence-electron chi connectivity index (χ3n) is 0.